The second-order valence-electron chi connectivity index (χ2n) is 12.8. The Kier molecular flexibility index (Phi) is 7.64. The van der Waals surface area contributed by atoms with E-state index in [0.717, 1.165) is 60.7 Å². The molecule has 0 spiro atoms. The summed E-state index contributed by atoms with van der Waals surface area (Å²) in [6.45, 7) is 0. The van der Waals surface area contributed by atoms with Crippen LogP contribution in [0.25, 0.3) is 33.9 Å². The molecule has 0 atom stereocenters. The minimum atomic E-state index is -3.13. The van der Waals surface area contributed by atoms with Crippen molar-refractivity contribution in [2.45, 2.75) is 5.41 Å². The first kappa shape index (κ1) is 30.9. The van der Waals surface area contributed by atoms with Gasteiger partial charge in [-0.3, -0.25) is 0 Å². The molecule has 3 nitrogen and oxygen atoms in total. The third-order valence-electron chi connectivity index (χ3n) is 10.1. The highest BCUT2D eigenvalue weighted by Crippen LogP contribution is 2.58. The monoisotopic (exact) mass is 672 g/mol. The Morgan fingerprint density at radius 3 is 1.37 bits per heavy atom. The molecule has 0 radical (unpaired) electrons. The number of aromatic nitrogens is 2. The standard InChI is InChI=1S/C47H33N2OP/c50-51(38-24-12-4-13-25-38,39-26-14-5-15-27-39)40-32-30-35(31-33-40)46-48-44(34-18-6-1-7-19-34)43-45(49-46)41-28-16-17-29-42(41)47(43,36-20-8-2-9-21-36)37-22-10-3-11-23-37/h1-33H. The van der Waals surface area contributed by atoms with Gasteiger partial charge in [0.1, 0.15) is 0 Å². The van der Waals surface area contributed by atoms with Gasteiger partial charge in [-0.15, -0.1) is 0 Å². The zero-order valence-corrected chi connectivity index (χ0v) is 28.7. The number of hydrogen-bond acceptors (Lipinski definition) is 3. The summed E-state index contributed by atoms with van der Waals surface area (Å²) in [5, 5.41) is 2.38. The lowest BCUT2D eigenvalue weighted by molar-refractivity contribution is 0.592. The first-order valence-electron chi connectivity index (χ1n) is 17.2. The Morgan fingerprint density at radius 2 is 0.824 bits per heavy atom. The fourth-order valence-corrected chi connectivity index (χ4v) is 10.4. The Balaban J connectivity index is 1.29. The van der Waals surface area contributed by atoms with E-state index in [1.165, 1.54) is 5.56 Å². The lowest BCUT2D eigenvalue weighted by Gasteiger charge is -2.34. The number of fused-ring (bicyclic) bond motifs is 3. The van der Waals surface area contributed by atoms with E-state index in [4.69, 9.17) is 9.97 Å². The van der Waals surface area contributed by atoms with Crippen molar-refractivity contribution in [1.82, 2.24) is 9.97 Å². The molecule has 0 fully saturated rings. The van der Waals surface area contributed by atoms with Crippen molar-refractivity contribution in [2.75, 3.05) is 0 Å². The number of rotatable bonds is 7. The Labute approximate surface area is 298 Å². The summed E-state index contributed by atoms with van der Waals surface area (Å²) in [5.74, 6) is 0.625. The summed E-state index contributed by atoms with van der Waals surface area (Å²) in [6.07, 6.45) is 0. The van der Waals surface area contributed by atoms with Crippen LogP contribution in [-0.2, 0) is 9.98 Å². The summed E-state index contributed by atoms with van der Waals surface area (Å²) in [7, 11) is -3.13. The predicted molar refractivity (Wildman–Crippen MR) is 210 cm³/mol. The van der Waals surface area contributed by atoms with E-state index in [2.05, 4.69) is 109 Å². The molecular weight excluding hydrogens is 640 g/mol. The largest absolute Gasteiger partial charge is 0.309 e. The lowest BCUT2D eigenvalue weighted by Crippen LogP contribution is -2.29. The summed E-state index contributed by atoms with van der Waals surface area (Å²) >= 11 is 0. The van der Waals surface area contributed by atoms with Crippen LogP contribution in [0, 0.1) is 0 Å². The van der Waals surface area contributed by atoms with Gasteiger partial charge in [-0.05, 0) is 16.7 Å². The maximum atomic E-state index is 15.1. The number of hydrogen-bond donors (Lipinski definition) is 0. The summed E-state index contributed by atoms with van der Waals surface area (Å²) in [5.41, 5.74) is 8.74. The predicted octanol–water partition coefficient (Wildman–Crippen LogP) is 9.81. The van der Waals surface area contributed by atoms with Gasteiger partial charge in [-0.1, -0.05) is 200 Å². The Bertz CT molecular complexity index is 2440. The molecule has 0 amide bonds. The van der Waals surface area contributed by atoms with E-state index in [1.807, 2.05) is 91.0 Å². The minimum Gasteiger partial charge on any atom is -0.309 e. The fraction of sp³-hybridized carbons (Fsp3) is 0.0213. The van der Waals surface area contributed by atoms with Gasteiger partial charge < -0.3 is 4.57 Å². The van der Waals surface area contributed by atoms with Crippen LogP contribution in [0.1, 0.15) is 22.3 Å². The summed E-state index contributed by atoms with van der Waals surface area (Å²) in [4.78, 5) is 10.9. The molecule has 0 bridgehead atoms. The highest BCUT2D eigenvalue weighted by molar-refractivity contribution is 7.85. The number of benzene rings is 7. The highest BCUT2D eigenvalue weighted by atomic mass is 31.2. The summed E-state index contributed by atoms with van der Waals surface area (Å²) in [6, 6.07) is 68.1. The molecule has 4 heteroatoms. The topological polar surface area (TPSA) is 42.9 Å². The second kappa shape index (κ2) is 12.6. The molecular formula is C47H33N2OP. The van der Waals surface area contributed by atoms with E-state index in [9.17, 15) is 0 Å². The van der Waals surface area contributed by atoms with Crippen molar-refractivity contribution in [2.24, 2.45) is 0 Å². The zero-order valence-electron chi connectivity index (χ0n) is 27.8. The van der Waals surface area contributed by atoms with Crippen LogP contribution in [0.15, 0.2) is 200 Å². The van der Waals surface area contributed by atoms with Gasteiger partial charge in [-0.25, -0.2) is 9.97 Å². The maximum absolute atomic E-state index is 15.1. The van der Waals surface area contributed by atoms with Gasteiger partial charge in [0.25, 0.3) is 0 Å². The molecule has 0 aliphatic heterocycles. The molecule has 0 unspecified atom stereocenters. The van der Waals surface area contributed by atoms with Gasteiger partial charge in [0.2, 0.25) is 0 Å². The third kappa shape index (κ3) is 4.93. The van der Waals surface area contributed by atoms with Gasteiger partial charge in [-0.2, -0.15) is 0 Å². The molecule has 0 saturated carbocycles. The molecule has 1 aliphatic rings. The molecule has 1 heterocycles. The molecule has 9 rings (SSSR count). The SMILES string of the molecule is O=P(c1ccccc1)(c1ccccc1)c1ccc(-c2nc(-c3ccccc3)c3c(n2)-c2ccccc2C3(c2ccccc2)c2ccccc2)cc1. The van der Waals surface area contributed by atoms with Crippen molar-refractivity contribution in [3.05, 3.63) is 222 Å². The maximum Gasteiger partial charge on any atom is 0.171 e. The van der Waals surface area contributed by atoms with Crippen LogP contribution in [0.2, 0.25) is 0 Å². The smallest absolute Gasteiger partial charge is 0.171 e. The summed E-state index contributed by atoms with van der Waals surface area (Å²) < 4.78 is 15.1. The Hall–Kier alpha value is -6.15. The molecule has 0 saturated heterocycles. The van der Waals surface area contributed by atoms with Crippen LogP contribution in [0.3, 0.4) is 0 Å². The van der Waals surface area contributed by atoms with Gasteiger partial charge in [0.05, 0.1) is 16.8 Å². The van der Waals surface area contributed by atoms with Crippen molar-refractivity contribution in [3.63, 3.8) is 0 Å². The first-order valence-corrected chi connectivity index (χ1v) is 18.9. The van der Waals surface area contributed by atoms with E-state index in [0.29, 0.717) is 5.82 Å². The van der Waals surface area contributed by atoms with Gasteiger partial charge in [0, 0.05) is 38.2 Å². The van der Waals surface area contributed by atoms with E-state index in [1.54, 1.807) is 0 Å². The van der Waals surface area contributed by atoms with Crippen molar-refractivity contribution in [1.29, 1.82) is 0 Å². The van der Waals surface area contributed by atoms with Crippen LogP contribution in [0.4, 0.5) is 0 Å². The molecule has 8 aromatic rings. The van der Waals surface area contributed by atoms with Crippen molar-refractivity contribution >= 4 is 23.1 Å². The van der Waals surface area contributed by atoms with Crippen LogP contribution < -0.4 is 15.9 Å². The normalized spacial score (nSPS) is 12.9. The molecule has 1 aliphatic carbocycles. The molecule has 51 heavy (non-hydrogen) atoms. The molecule has 1 aromatic heterocycles. The van der Waals surface area contributed by atoms with Crippen molar-refractivity contribution < 1.29 is 4.57 Å². The minimum absolute atomic E-state index is 0.625. The average Bonchev–Trinajstić information content (AvgIpc) is 3.53. The fourth-order valence-electron chi connectivity index (χ4n) is 7.78. The first-order chi connectivity index (χ1) is 25.2. The van der Waals surface area contributed by atoms with Gasteiger partial charge in [0.15, 0.2) is 13.0 Å². The van der Waals surface area contributed by atoms with Gasteiger partial charge >= 0.3 is 0 Å². The van der Waals surface area contributed by atoms with E-state index in [-0.39, 0.29) is 0 Å². The highest BCUT2D eigenvalue weighted by Gasteiger charge is 2.49. The second-order valence-corrected chi connectivity index (χ2v) is 15.6. The molecule has 7 aromatic carbocycles. The molecule has 242 valence electrons. The van der Waals surface area contributed by atoms with Crippen LogP contribution >= 0.6 is 7.14 Å². The van der Waals surface area contributed by atoms with Crippen molar-refractivity contribution in [3.8, 4) is 33.9 Å². The Morgan fingerprint density at radius 1 is 0.392 bits per heavy atom. The quantitative estimate of drug-likeness (QED) is 0.158. The van der Waals surface area contributed by atoms with Crippen LogP contribution in [0.5, 0.6) is 0 Å². The lowest BCUT2D eigenvalue weighted by atomic mass is 9.67. The molecule has 0 N–H and O–H groups in total. The average molecular weight is 673 g/mol. The number of nitrogens with zero attached hydrogens (tertiary/aromatic N) is 2. The van der Waals surface area contributed by atoms with E-state index >= 15 is 4.57 Å². The third-order valence-corrected chi connectivity index (χ3v) is 13.1. The van der Waals surface area contributed by atoms with E-state index < -0.39 is 12.6 Å². The van der Waals surface area contributed by atoms with Crippen LogP contribution in [-0.4, -0.2) is 9.97 Å². The zero-order chi connectivity index (χ0) is 34.3.